The number of halogens is 1. The third-order valence-electron chi connectivity index (χ3n) is 2.56. The molecule has 5 nitrogen and oxygen atoms in total. The highest BCUT2D eigenvalue weighted by atomic mass is 35.5. The van der Waals surface area contributed by atoms with Crippen molar-refractivity contribution in [3.63, 3.8) is 0 Å². The smallest absolute Gasteiger partial charge is 0.156 e. The first-order chi connectivity index (χ1) is 8.69. The topological polar surface area (TPSA) is 55.3 Å². The van der Waals surface area contributed by atoms with E-state index in [4.69, 9.17) is 16.4 Å². The van der Waals surface area contributed by atoms with Gasteiger partial charge in [0.2, 0.25) is 0 Å². The number of benzene rings is 1. The molecule has 0 radical (unpaired) electrons. The normalized spacial score (nSPS) is 10.2. The van der Waals surface area contributed by atoms with Crippen LogP contribution < -0.4 is 0 Å². The van der Waals surface area contributed by atoms with E-state index in [0.717, 1.165) is 0 Å². The number of aromatic nitrogens is 2. The molecule has 0 aliphatic rings. The van der Waals surface area contributed by atoms with Crippen molar-refractivity contribution in [2.75, 3.05) is 14.2 Å². The number of carbonyl (C=O) groups excluding carboxylic acids is 1. The minimum absolute atomic E-state index is 0.248. The van der Waals surface area contributed by atoms with Crippen molar-refractivity contribution in [3.05, 3.63) is 35.2 Å². The van der Waals surface area contributed by atoms with Gasteiger partial charge in [-0.05, 0) is 12.1 Å². The molecule has 0 aliphatic carbocycles. The average molecular weight is 264 g/mol. The van der Waals surface area contributed by atoms with Crippen molar-refractivity contribution in [2.24, 2.45) is 0 Å². The monoisotopic (exact) mass is 263 g/mol. The minimum Gasteiger partial charge on any atom is -0.276 e. The second-order valence-electron chi connectivity index (χ2n) is 3.50. The first-order valence-corrected chi connectivity index (χ1v) is 5.49. The van der Waals surface area contributed by atoms with Gasteiger partial charge >= 0.3 is 0 Å². The van der Waals surface area contributed by atoms with Crippen LogP contribution in [0.4, 0.5) is 0 Å². The molecule has 1 aromatic heterocycles. The molecule has 0 bridgehead atoms. The first-order valence-electron chi connectivity index (χ1n) is 5.11. The van der Waals surface area contributed by atoms with Crippen LogP contribution in [0.5, 0.6) is 0 Å². The van der Waals surface area contributed by atoms with Gasteiger partial charge in [0.25, 0.3) is 0 Å². The Balaban J connectivity index is 2.72. The first kappa shape index (κ1) is 12.5. The van der Waals surface area contributed by atoms with Crippen molar-refractivity contribution < 1.29 is 9.63 Å². The van der Waals surface area contributed by atoms with Crippen LogP contribution in [0.25, 0.3) is 16.6 Å². The summed E-state index contributed by atoms with van der Waals surface area (Å²) in [5.41, 5.74) is 1.42. The highest BCUT2D eigenvalue weighted by Crippen LogP contribution is 2.26. The highest BCUT2D eigenvalue weighted by Gasteiger charge is 2.14. The van der Waals surface area contributed by atoms with Crippen LogP contribution >= 0.6 is 11.6 Å². The van der Waals surface area contributed by atoms with Gasteiger partial charge in [0.15, 0.2) is 11.6 Å². The molecule has 1 aromatic carbocycles. The fraction of sp³-hybridized carbons (Fsp3) is 0.167. The van der Waals surface area contributed by atoms with Crippen molar-refractivity contribution in [3.8, 4) is 0 Å². The van der Waals surface area contributed by atoms with Gasteiger partial charge in [-0.1, -0.05) is 17.7 Å². The van der Waals surface area contributed by atoms with E-state index in [9.17, 15) is 4.79 Å². The largest absolute Gasteiger partial charge is 0.276 e. The molecule has 0 atom stereocenters. The zero-order chi connectivity index (χ0) is 13.1. The molecule has 0 saturated heterocycles. The fourth-order valence-corrected chi connectivity index (χ4v) is 1.82. The molecule has 0 spiro atoms. The van der Waals surface area contributed by atoms with Crippen LogP contribution in [-0.2, 0) is 9.63 Å². The lowest BCUT2D eigenvalue weighted by Crippen LogP contribution is -2.15. The number of rotatable bonds is 3. The lowest BCUT2D eigenvalue weighted by Gasteiger charge is -2.17. The van der Waals surface area contributed by atoms with E-state index in [2.05, 4.69) is 9.97 Å². The molecule has 0 aliphatic heterocycles. The van der Waals surface area contributed by atoms with Crippen molar-refractivity contribution in [2.45, 2.75) is 0 Å². The van der Waals surface area contributed by atoms with Crippen LogP contribution in [0.15, 0.2) is 24.5 Å². The maximum absolute atomic E-state index is 11.1. The summed E-state index contributed by atoms with van der Waals surface area (Å²) < 4.78 is 0. The quantitative estimate of drug-likeness (QED) is 0.481. The summed E-state index contributed by atoms with van der Waals surface area (Å²) in [7, 11) is 3.08. The maximum atomic E-state index is 11.1. The van der Waals surface area contributed by atoms with Gasteiger partial charge in [-0.3, -0.25) is 4.84 Å². The van der Waals surface area contributed by atoms with Gasteiger partial charge in [0.05, 0.1) is 12.6 Å². The molecule has 2 rings (SSSR count). The summed E-state index contributed by atoms with van der Waals surface area (Å²) in [4.78, 5) is 24.1. The lowest BCUT2D eigenvalue weighted by molar-refractivity contribution is -0.0517. The van der Waals surface area contributed by atoms with E-state index >= 15 is 0 Å². The Bertz CT molecular complexity index is 638. The molecule has 1 heterocycles. The lowest BCUT2D eigenvalue weighted by atomic mass is 10.1. The van der Waals surface area contributed by atoms with E-state index in [1.807, 2.05) is 5.94 Å². The zero-order valence-electron chi connectivity index (χ0n) is 9.85. The van der Waals surface area contributed by atoms with Crippen LogP contribution in [0.3, 0.4) is 0 Å². The third kappa shape index (κ3) is 2.07. The zero-order valence-corrected chi connectivity index (χ0v) is 10.6. The number of hydrogen-bond acceptors (Lipinski definition) is 5. The summed E-state index contributed by atoms with van der Waals surface area (Å²) in [6.07, 6.45) is 1.35. The van der Waals surface area contributed by atoms with E-state index in [1.54, 1.807) is 25.2 Å². The number of hydroxylamine groups is 2. The van der Waals surface area contributed by atoms with E-state index in [1.165, 1.54) is 18.5 Å². The maximum Gasteiger partial charge on any atom is 0.156 e. The summed E-state index contributed by atoms with van der Waals surface area (Å²) in [6.45, 7) is 0. The molecule has 0 fully saturated rings. The molecule has 0 N–H and O–H groups in total. The van der Waals surface area contributed by atoms with Gasteiger partial charge < -0.3 is 0 Å². The van der Waals surface area contributed by atoms with Gasteiger partial charge in [-0.15, -0.1) is 0 Å². The molecule has 18 heavy (non-hydrogen) atoms. The third-order valence-corrected chi connectivity index (χ3v) is 2.86. The Morgan fingerprint density at radius 1 is 1.44 bits per heavy atom. The van der Waals surface area contributed by atoms with Gasteiger partial charge in [-0.2, -0.15) is 0 Å². The predicted octanol–water partition coefficient (Wildman–Crippen LogP) is 1.95. The molecule has 0 amide bonds. The van der Waals surface area contributed by atoms with Crippen LogP contribution in [-0.4, -0.2) is 35.1 Å². The minimum atomic E-state index is 0.248. The Morgan fingerprint density at radius 3 is 2.89 bits per heavy atom. The molecule has 0 saturated carbocycles. The summed E-state index contributed by atoms with van der Waals surface area (Å²) in [5.74, 6) is 1.84. The van der Waals surface area contributed by atoms with Gasteiger partial charge in [0, 0.05) is 18.0 Å². The standard InChI is InChI=1S/C12H10ClN3O2/c1-16(18-2)10(6-17)8-4-3-5-9-11(8)14-7-15-12(9)13/h3-5,7H,1-2H3. The number of nitrogens with zero attached hydrogens (tertiary/aromatic N) is 3. The van der Waals surface area contributed by atoms with Crippen LogP contribution in [0.2, 0.25) is 5.15 Å². The van der Waals surface area contributed by atoms with Crippen molar-refractivity contribution in [1.29, 1.82) is 0 Å². The SMILES string of the molecule is CON(C)C(=C=O)c1cccc2c(Cl)ncnc12. The average Bonchev–Trinajstić information content (AvgIpc) is 2.40. The Morgan fingerprint density at radius 2 is 2.22 bits per heavy atom. The Kier molecular flexibility index (Phi) is 3.58. The van der Waals surface area contributed by atoms with Crippen LogP contribution in [0.1, 0.15) is 5.56 Å². The van der Waals surface area contributed by atoms with Crippen LogP contribution in [0, 0.1) is 0 Å². The molecule has 0 unspecified atom stereocenters. The van der Waals surface area contributed by atoms with E-state index in [0.29, 0.717) is 21.6 Å². The number of fused-ring (bicyclic) bond motifs is 1. The van der Waals surface area contributed by atoms with E-state index < -0.39 is 0 Å². The predicted molar refractivity (Wildman–Crippen MR) is 68.4 cm³/mol. The van der Waals surface area contributed by atoms with Crippen molar-refractivity contribution in [1.82, 2.24) is 15.0 Å². The molecular formula is C12H10ClN3O2. The molecule has 92 valence electrons. The summed E-state index contributed by atoms with van der Waals surface area (Å²) in [5, 5.41) is 2.33. The number of para-hydroxylation sites is 1. The molecular weight excluding hydrogens is 254 g/mol. The molecule has 2 aromatic rings. The van der Waals surface area contributed by atoms with Gasteiger partial charge in [0.1, 0.15) is 11.5 Å². The Hall–Kier alpha value is -1.94. The van der Waals surface area contributed by atoms with Crippen molar-refractivity contribution >= 4 is 34.1 Å². The van der Waals surface area contributed by atoms with E-state index in [-0.39, 0.29) is 5.70 Å². The molecule has 6 heteroatoms. The Labute approximate surface area is 109 Å². The summed E-state index contributed by atoms with van der Waals surface area (Å²) in [6, 6.07) is 5.31. The highest BCUT2D eigenvalue weighted by molar-refractivity contribution is 6.34. The fourth-order valence-electron chi connectivity index (χ4n) is 1.63. The number of hydrogen-bond donors (Lipinski definition) is 0. The second-order valence-corrected chi connectivity index (χ2v) is 3.85. The summed E-state index contributed by atoms with van der Waals surface area (Å²) >= 11 is 5.99. The second kappa shape index (κ2) is 5.14. The van der Waals surface area contributed by atoms with Gasteiger partial charge in [-0.25, -0.2) is 19.8 Å².